The number of urea groups is 1. The van der Waals surface area contributed by atoms with Gasteiger partial charge < -0.3 is 15.5 Å². The summed E-state index contributed by atoms with van der Waals surface area (Å²) in [5.74, 6) is -0.913. The van der Waals surface area contributed by atoms with Gasteiger partial charge in [-0.05, 0) is 18.2 Å². The van der Waals surface area contributed by atoms with Crippen LogP contribution in [0.15, 0.2) is 22.7 Å². The maximum atomic E-state index is 13.2. The van der Waals surface area contributed by atoms with Gasteiger partial charge in [-0.2, -0.15) is 0 Å². The molecule has 0 aliphatic carbocycles. The first-order chi connectivity index (χ1) is 9.33. The second-order valence-electron chi connectivity index (χ2n) is 4.48. The van der Waals surface area contributed by atoms with Crippen molar-refractivity contribution in [1.29, 1.82) is 0 Å². The summed E-state index contributed by atoms with van der Waals surface area (Å²) < 4.78 is 13.7. The SMILES string of the molecule is CNC(=O)[C@H](C)CN(C)C(=O)Nc1cc(F)cc(Br)c1. The zero-order valence-electron chi connectivity index (χ0n) is 11.5. The lowest BCUT2D eigenvalue weighted by atomic mass is 10.1. The molecule has 1 rings (SSSR count). The highest BCUT2D eigenvalue weighted by atomic mass is 79.9. The molecule has 0 unspecified atom stereocenters. The Labute approximate surface area is 125 Å². The molecule has 1 aromatic rings. The number of rotatable bonds is 4. The van der Waals surface area contributed by atoms with E-state index in [1.165, 1.54) is 17.0 Å². The zero-order chi connectivity index (χ0) is 15.3. The van der Waals surface area contributed by atoms with Gasteiger partial charge in [-0.3, -0.25) is 4.79 Å². The summed E-state index contributed by atoms with van der Waals surface area (Å²) in [4.78, 5) is 24.7. The van der Waals surface area contributed by atoms with Gasteiger partial charge in [-0.15, -0.1) is 0 Å². The maximum absolute atomic E-state index is 13.2. The Morgan fingerprint density at radius 3 is 2.60 bits per heavy atom. The minimum absolute atomic E-state index is 0.141. The van der Waals surface area contributed by atoms with E-state index < -0.39 is 11.8 Å². The molecule has 20 heavy (non-hydrogen) atoms. The van der Waals surface area contributed by atoms with Crippen LogP contribution in [0.3, 0.4) is 0 Å². The van der Waals surface area contributed by atoms with E-state index in [2.05, 4.69) is 26.6 Å². The van der Waals surface area contributed by atoms with Crippen molar-refractivity contribution >= 4 is 33.6 Å². The lowest BCUT2D eigenvalue weighted by Crippen LogP contribution is -2.39. The van der Waals surface area contributed by atoms with E-state index in [0.717, 1.165) is 0 Å². The van der Waals surface area contributed by atoms with Crippen LogP contribution in [0.1, 0.15) is 6.92 Å². The average molecular weight is 346 g/mol. The van der Waals surface area contributed by atoms with Gasteiger partial charge >= 0.3 is 6.03 Å². The number of nitrogens with one attached hydrogen (secondary N) is 2. The Balaban J connectivity index is 2.63. The van der Waals surface area contributed by atoms with Gasteiger partial charge in [0.2, 0.25) is 5.91 Å². The molecule has 0 bridgehead atoms. The van der Waals surface area contributed by atoms with Crippen molar-refractivity contribution in [1.82, 2.24) is 10.2 Å². The van der Waals surface area contributed by atoms with E-state index in [4.69, 9.17) is 0 Å². The highest BCUT2D eigenvalue weighted by molar-refractivity contribution is 9.10. The fourth-order valence-corrected chi connectivity index (χ4v) is 2.13. The van der Waals surface area contributed by atoms with Gasteiger partial charge in [-0.25, -0.2) is 9.18 Å². The van der Waals surface area contributed by atoms with Crippen molar-refractivity contribution in [2.24, 2.45) is 5.92 Å². The van der Waals surface area contributed by atoms with E-state index in [0.29, 0.717) is 10.2 Å². The van der Waals surface area contributed by atoms with Crippen molar-refractivity contribution in [3.05, 3.63) is 28.5 Å². The predicted octanol–water partition coefficient (Wildman–Crippen LogP) is 2.43. The molecule has 0 fully saturated rings. The molecule has 0 aromatic heterocycles. The van der Waals surface area contributed by atoms with Gasteiger partial charge in [0.25, 0.3) is 0 Å². The highest BCUT2D eigenvalue weighted by Gasteiger charge is 2.17. The number of hydrogen-bond donors (Lipinski definition) is 2. The number of benzene rings is 1. The zero-order valence-corrected chi connectivity index (χ0v) is 13.1. The van der Waals surface area contributed by atoms with Gasteiger partial charge in [0, 0.05) is 30.8 Å². The lowest BCUT2D eigenvalue weighted by molar-refractivity contribution is -0.124. The largest absolute Gasteiger partial charge is 0.359 e. The molecule has 3 amide bonds. The van der Waals surface area contributed by atoms with E-state index in [1.54, 1.807) is 27.1 Å². The van der Waals surface area contributed by atoms with Crippen LogP contribution in [0.25, 0.3) is 0 Å². The Hall–Kier alpha value is -1.63. The third-order valence-electron chi connectivity index (χ3n) is 2.70. The first-order valence-corrected chi connectivity index (χ1v) is 6.82. The molecule has 0 saturated heterocycles. The van der Waals surface area contributed by atoms with E-state index in [-0.39, 0.29) is 18.4 Å². The summed E-state index contributed by atoms with van der Waals surface area (Å²) in [5, 5.41) is 5.09. The predicted molar refractivity (Wildman–Crippen MR) is 79.0 cm³/mol. The molecule has 5 nitrogen and oxygen atoms in total. The molecule has 0 saturated carbocycles. The molecule has 110 valence electrons. The topological polar surface area (TPSA) is 61.4 Å². The first kappa shape index (κ1) is 16.4. The minimum atomic E-state index is -0.448. The van der Waals surface area contributed by atoms with Crippen molar-refractivity contribution in [2.45, 2.75) is 6.92 Å². The van der Waals surface area contributed by atoms with Crippen molar-refractivity contribution in [3.63, 3.8) is 0 Å². The molecule has 7 heteroatoms. The highest BCUT2D eigenvalue weighted by Crippen LogP contribution is 2.19. The van der Waals surface area contributed by atoms with Crippen LogP contribution >= 0.6 is 15.9 Å². The number of anilines is 1. The molecular formula is C13H17BrFN3O2. The Kier molecular flexibility index (Phi) is 5.94. The van der Waals surface area contributed by atoms with Crippen LogP contribution in [0.5, 0.6) is 0 Å². The molecule has 1 atom stereocenters. The fraction of sp³-hybridized carbons (Fsp3) is 0.385. The number of carbonyl (C=O) groups excluding carboxylic acids is 2. The standard InChI is InChI=1S/C13H17BrFN3O2/c1-8(12(19)16-2)7-18(3)13(20)17-11-5-9(14)4-10(15)6-11/h4-6,8H,7H2,1-3H3,(H,16,19)(H,17,20)/t8-/m1/s1. The lowest BCUT2D eigenvalue weighted by Gasteiger charge is -2.21. The first-order valence-electron chi connectivity index (χ1n) is 6.03. The van der Waals surface area contributed by atoms with E-state index >= 15 is 0 Å². The summed E-state index contributed by atoms with van der Waals surface area (Å²) in [6.45, 7) is 1.99. The van der Waals surface area contributed by atoms with Crippen LogP contribution in [-0.4, -0.2) is 37.5 Å². The van der Waals surface area contributed by atoms with Gasteiger partial charge in [0.05, 0.1) is 5.92 Å². The molecule has 0 heterocycles. The summed E-state index contributed by atoms with van der Waals surface area (Å²) >= 11 is 3.15. The Morgan fingerprint density at radius 1 is 1.40 bits per heavy atom. The van der Waals surface area contributed by atoms with Crippen molar-refractivity contribution in [2.75, 3.05) is 26.0 Å². The Bertz CT molecular complexity index is 490. The third-order valence-corrected chi connectivity index (χ3v) is 3.16. The number of carbonyl (C=O) groups is 2. The van der Waals surface area contributed by atoms with Gasteiger partial charge in [0.1, 0.15) is 5.82 Å². The monoisotopic (exact) mass is 345 g/mol. The Morgan fingerprint density at radius 2 is 2.05 bits per heavy atom. The molecule has 1 aromatic carbocycles. The number of hydrogen-bond acceptors (Lipinski definition) is 2. The quantitative estimate of drug-likeness (QED) is 0.880. The summed E-state index contributed by atoms with van der Waals surface area (Å²) in [6, 6.07) is 3.71. The molecular weight excluding hydrogens is 329 g/mol. The summed E-state index contributed by atoms with van der Waals surface area (Å²) in [5.41, 5.74) is 0.348. The van der Waals surface area contributed by atoms with Gasteiger partial charge in [-0.1, -0.05) is 22.9 Å². The fourth-order valence-electron chi connectivity index (χ4n) is 1.67. The van der Waals surface area contributed by atoms with Gasteiger partial charge in [0.15, 0.2) is 0 Å². The molecule has 0 spiro atoms. The van der Waals surface area contributed by atoms with Crippen molar-refractivity contribution in [3.8, 4) is 0 Å². The maximum Gasteiger partial charge on any atom is 0.321 e. The van der Waals surface area contributed by atoms with Crippen LogP contribution in [0.2, 0.25) is 0 Å². The molecule has 0 aliphatic rings. The van der Waals surface area contributed by atoms with E-state index in [9.17, 15) is 14.0 Å². The number of nitrogens with zero attached hydrogens (tertiary/aromatic N) is 1. The van der Waals surface area contributed by atoms with Crippen LogP contribution < -0.4 is 10.6 Å². The summed E-state index contributed by atoms with van der Waals surface area (Å²) in [6.07, 6.45) is 0. The second-order valence-corrected chi connectivity index (χ2v) is 5.40. The molecule has 2 N–H and O–H groups in total. The average Bonchev–Trinajstić information content (AvgIpc) is 2.36. The molecule has 0 aliphatic heterocycles. The van der Waals surface area contributed by atoms with E-state index in [1.807, 2.05) is 0 Å². The van der Waals surface area contributed by atoms with Crippen molar-refractivity contribution < 1.29 is 14.0 Å². The normalized spacial score (nSPS) is 11.7. The number of amides is 3. The third kappa shape index (κ3) is 4.80. The number of halogens is 2. The second kappa shape index (κ2) is 7.23. The molecule has 0 radical (unpaired) electrons. The summed E-state index contributed by atoms with van der Waals surface area (Å²) in [7, 11) is 3.12. The smallest absolute Gasteiger partial charge is 0.321 e. The van der Waals surface area contributed by atoms with Crippen LogP contribution in [-0.2, 0) is 4.79 Å². The van der Waals surface area contributed by atoms with Crippen LogP contribution in [0, 0.1) is 11.7 Å². The van der Waals surface area contributed by atoms with Crippen LogP contribution in [0.4, 0.5) is 14.9 Å². The minimum Gasteiger partial charge on any atom is -0.359 e.